The van der Waals surface area contributed by atoms with E-state index in [1.165, 1.54) is 11.3 Å². The Balaban J connectivity index is 0. The zero-order valence-corrected chi connectivity index (χ0v) is 8.70. The Morgan fingerprint density at radius 1 is 1.09 bits per heavy atom. The molecule has 0 saturated heterocycles. The highest BCUT2D eigenvalue weighted by Crippen LogP contribution is 2.07. The molecule has 0 radical (unpaired) electrons. The molecule has 0 bridgehead atoms. The lowest BCUT2D eigenvalue weighted by molar-refractivity contribution is 1.06. The minimum atomic E-state index is 0.539. The lowest BCUT2D eigenvalue weighted by Crippen LogP contribution is -1.79. The fraction of sp³-hybridized carbons (Fsp3) is 0.714. The number of nitrogen functional groups attached to an aromatic ring is 1. The summed E-state index contributed by atoms with van der Waals surface area (Å²) in [5.41, 5.74) is 5.22. The molecule has 0 aromatic carbocycles. The van der Waals surface area contributed by atoms with Gasteiger partial charge >= 0.3 is 0 Å². The summed E-state index contributed by atoms with van der Waals surface area (Å²) in [5, 5.41) is 8.68. The first-order chi connectivity index (χ1) is 5.29. The molecule has 3 nitrogen and oxygen atoms in total. The molecular weight excluding hydrogens is 158 g/mol. The molecule has 1 heterocycles. The van der Waals surface area contributed by atoms with Crippen molar-refractivity contribution in [3.63, 3.8) is 0 Å². The molecule has 1 aromatic rings. The molecule has 0 aliphatic carbocycles. The molecule has 66 valence electrons. The third kappa shape index (κ3) is 7.25. The van der Waals surface area contributed by atoms with Crippen LogP contribution in [0.15, 0.2) is 0 Å². The number of hydrogen-bond acceptors (Lipinski definition) is 4. The highest BCUT2D eigenvalue weighted by Gasteiger charge is 1.89. The predicted molar refractivity (Wildman–Crippen MR) is 51.8 cm³/mol. The molecule has 0 saturated carbocycles. The number of aromatic nitrogens is 2. The van der Waals surface area contributed by atoms with E-state index in [0.29, 0.717) is 5.13 Å². The van der Waals surface area contributed by atoms with Gasteiger partial charge in [0, 0.05) is 0 Å². The molecular formula is C7H17N3S. The van der Waals surface area contributed by atoms with Gasteiger partial charge in [-0.2, -0.15) is 0 Å². The van der Waals surface area contributed by atoms with Crippen molar-refractivity contribution in [1.82, 2.24) is 10.2 Å². The zero-order valence-electron chi connectivity index (χ0n) is 7.88. The molecule has 1 aromatic heterocycles. The second-order valence-corrected chi connectivity index (χ2v) is 2.37. The van der Waals surface area contributed by atoms with Crippen molar-refractivity contribution in [3.8, 4) is 0 Å². The van der Waals surface area contributed by atoms with Crippen molar-refractivity contribution < 1.29 is 0 Å². The van der Waals surface area contributed by atoms with Gasteiger partial charge in [-0.05, 0) is 6.92 Å². The summed E-state index contributed by atoms with van der Waals surface area (Å²) in [6.07, 6.45) is 0. The monoisotopic (exact) mass is 175 g/mol. The van der Waals surface area contributed by atoms with Gasteiger partial charge in [0.25, 0.3) is 0 Å². The van der Waals surface area contributed by atoms with E-state index in [-0.39, 0.29) is 0 Å². The van der Waals surface area contributed by atoms with Crippen molar-refractivity contribution in [2.24, 2.45) is 0 Å². The van der Waals surface area contributed by atoms with Crippen LogP contribution in [0.1, 0.15) is 32.7 Å². The average Bonchev–Trinajstić information content (AvgIpc) is 2.43. The van der Waals surface area contributed by atoms with E-state index in [1.54, 1.807) is 0 Å². The van der Waals surface area contributed by atoms with Gasteiger partial charge in [0.15, 0.2) is 0 Å². The summed E-state index contributed by atoms with van der Waals surface area (Å²) in [5.74, 6) is 0. The van der Waals surface area contributed by atoms with E-state index in [0.717, 1.165) is 5.01 Å². The quantitative estimate of drug-likeness (QED) is 0.659. The summed E-state index contributed by atoms with van der Waals surface area (Å²) in [7, 11) is 0. The largest absolute Gasteiger partial charge is 0.374 e. The van der Waals surface area contributed by atoms with E-state index >= 15 is 0 Å². The zero-order chi connectivity index (χ0) is 9.28. The minimum Gasteiger partial charge on any atom is -0.374 e. The first-order valence-corrected chi connectivity index (χ1v) is 4.66. The number of nitrogens with zero attached hydrogens (tertiary/aromatic N) is 2. The molecule has 0 aliphatic rings. The maximum atomic E-state index is 5.22. The first-order valence-electron chi connectivity index (χ1n) is 3.84. The second-order valence-electron chi connectivity index (χ2n) is 1.16. The number of anilines is 1. The van der Waals surface area contributed by atoms with Crippen molar-refractivity contribution in [2.45, 2.75) is 34.6 Å². The van der Waals surface area contributed by atoms with Crippen LogP contribution < -0.4 is 5.73 Å². The SMILES string of the molecule is CC.CC.Cc1nnc(N)s1. The highest BCUT2D eigenvalue weighted by molar-refractivity contribution is 7.14. The summed E-state index contributed by atoms with van der Waals surface area (Å²) in [4.78, 5) is 0. The van der Waals surface area contributed by atoms with Crippen LogP contribution >= 0.6 is 11.3 Å². The summed E-state index contributed by atoms with van der Waals surface area (Å²) < 4.78 is 0. The van der Waals surface area contributed by atoms with Gasteiger partial charge in [-0.1, -0.05) is 39.0 Å². The van der Waals surface area contributed by atoms with Crippen LogP contribution in [-0.2, 0) is 0 Å². The molecule has 4 heteroatoms. The van der Waals surface area contributed by atoms with Gasteiger partial charge in [-0.15, -0.1) is 10.2 Å². The predicted octanol–water partition coefficient (Wildman–Crippen LogP) is 2.48. The van der Waals surface area contributed by atoms with E-state index in [2.05, 4.69) is 10.2 Å². The van der Waals surface area contributed by atoms with Crippen LogP contribution in [0.25, 0.3) is 0 Å². The third-order valence-electron chi connectivity index (χ3n) is 0.542. The summed E-state index contributed by atoms with van der Waals surface area (Å²) in [6, 6.07) is 0. The number of aryl methyl sites for hydroxylation is 1. The summed E-state index contributed by atoms with van der Waals surface area (Å²) in [6.45, 7) is 9.87. The Morgan fingerprint density at radius 3 is 1.64 bits per heavy atom. The van der Waals surface area contributed by atoms with Crippen molar-refractivity contribution >= 4 is 16.5 Å². The fourth-order valence-electron chi connectivity index (χ4n) is 0.312. The Morgan fingerprint density at radius 2 is 1.55 bits per heavy atom. The van der Waals surface area contributed by atoms with Crippen LogP contribution in [0.4, 0.5) is 5.13 Å². The molecule has 2 N–H and O–H groups in total. The van der Waals surface area contributed by atoms with Crippen LogP contribution in [0, 0.1) is 6.92 Å². The molecule has 0 aliphatic heterocycles. The van der Waals surface area contributed by atoms with Crippen molar-refractivity contribution in [2.75, 3.05) is 5.73 Å². The van der Waals surface area contributed by atoms with Crippen LogP contribution in [0.5, 0.6) is 0 Å². The number of rotatable bonds is 0. The molecule has 0 amide bonds. The highest BCUT2D eigenvalue weighted by atomic mass is 32.1. The van der Waals surface area contributed by atoms with Crippen LogP contribution in [0.2, 0.25) is 0 Å². The van der Waals surface area contributed by atoms with Crippen molar-refractivity contribution in [3.05, 3.63) is 5.01 Å². The third-order valence-corrected chi connectivity index (χ3v) is 1.21. The lowest BCUT2D eigenvalue weighted by Gasteiger charge is -1.66. The Kier molecular flexibility index (Phi) is 11.1. The summed E-state index contributed by atoms with van der Waals surface area (Å²) >= 11 is 1.40. The molecule has 0 atom stereocenters. The van der Waals surface area contributed by atoms with Gasteiger partial charge in [0.1, 0.15) is 5.01 Å². The number of hydrogen-bond donors (Lipinski definition) is 1. The van der Waals surface area contributed by atoms with E-state index in [1.807, 2.05) is 34.6 Å². The smallest absolute Gasteiger partial charge is 0.203 e. The molecule has 0 unspecified atom stereocenters. The number of nitrogens with two attached hydrogens (primary N) is 1. The Hall–Kier alpha value is -0.640. The topological polar surface area (TPSA) is 51.8 Å². The molecule has 11 heavy (non-hydrogen) atoms. The average molecular weight is 175 g/mol. The Bertz CT molecular complexity index is 146. The molecule has 0 fully saturated rings. The molecule has 0 spiro atoms. The van der Waals surface area contributed by atoms with Crippen molar-refractivity contribution in [1.29, 1.82) is 0 Å². The van der Waals surface area contributed by atoms with Crippen LogP contribution in [-0.4, -0.2) is 10.2 Å². The van der Waals surface area contributed by atoms with Gasteiger partial charge in [0.05, 0.1) is 0 Å². The standard InChI is InChI=1S/C3H5N3S.2C2H6/c1-2-5-6-3(4)7-2;2*1-2/h1H3,(H2,4,6);2*1-2H3. The first kappa shape index (κ1) is 13.0. The van der Waals surface area contributed by atoms with E-state index < -0.39 is 0 Å². The van der Waals surface area contributed by atoms with Gasteiger partial charge in [0.2, 0.25) is 5.13 Å². The lowest BCUT2D eigenvalue weighted by atomic mass is 10.9. The molecule has 1 rings (SSSR count). The maximum Gasteiger partial charge on any atom is 0.203 e. The maximum absolute atomic E-state index is 5.22. The minimum absolute atomic E-state index is 0.539. The van der Waals surface area contributed by atoms with Crippen LogP contribution in [0.3, 0.4) is 0 Å². The Labute approximate surface area is 72.7 Å². The van der Waals surface area contributed by atoms with E-state index in [4.69, 9.17) is 5.73 Å². The van der Waals surface area contributed by atoms with Gasteiger partial charge in [-0.3, -0.25) is 0 Å². The van der Waals surface area contributed by atoms with Gasteiger partial charge < -0.3 is 5.73 Å². The van der Waals surface area contributed by atoms with Gasteiger partial charge in [-0.25, -0.2) is 0 Å². The second kappa shape index (κ2) is 9.36. The normalized spacial score (nSPS) is 7.00. The van der Waals surface area contributed by atoms with E-state index in [9.17, 15) is 0 Å². The fourth-order valence-corrected chi connectivity index (χ4v) is 0.778.